The van der Waals surface area contributed by atoms with Crippen molar-refractivity contribution in [3.05, 3.63) is 96.0 Å². The molecule has 8 heteroatoms. The predicted octanol–water partition coefficient (Wildman–Crippen LogP) is 3.12. The molecule has 2 aliphatic heterocycles. The van der Waals surface area contributed by atoms with Crippen LogP contribution in [-0.4, -0.2) is 53.3 Å². The van der Waals surface area contributed by atoms with Gasteiger partial charge in [-0.05, 0) is 48.0 Å². The highest BCUT2D eigenvalue weighted by Gasteiger charge is 2.50. The SMILES string of the molecule is O=C(C=Cc1ccccc1)c1ccc(OC2OC3COC(c4ccco4)OC3C(O)C2O)cc1. The molecule has 3 aromatic rings. The second-order valence-corrected chi connectivity index (χ2v) is 8.06. The number of hydrogen-bond donors (Lipinski definition) is 2. The topological polar surface area (TPSA) is 108 Å². The summed E-state index contributed by atoms with van der Waals surface area (Å²) < 4.78 is 28.3. The highest BCUT2D eigenvalue weighted by Crippen LogP contribution is 2.34. The number of carbonyl (C=O) groups excluding carboxylic acids is 1. The molecule has 176 valence electrons. The zero-order chi connectivity index (χ0) is 23.5. The highest BCUT2D eigenvalue weighted by atomic mass is 16.8. The Labute approximate surface area is 195 Å². The fourth-order valence-electron chi connectivity index (χ4n) is 3.91. The maximum Gasteiger partial charge on any atom is 0.229 e. The van der Waals surface area contributed by atoms with E-state index in [0.717, 1.165) is 5.56 Å². The van der Waals surface area contributed by atoms with Crippen molar-refractivity contribution in [2.75, 3.05) is 6.61 Å². The number of allylic oxidation sites excluding steroid dienone is 1. The number of hydrogen-bond acceptors (Lipinski definition) is 8. The molecule has 2 aromatic carbocycles. The van der Waals surface area contributed by atoms with Crippen molar-refractivity contribution in [1.29, 1.82) is 0 Å². The van der Waals surface area contributed by atoms with Crippen LogP contribution in [0.3, 0.4) is 0 Å². The van der Waals surface area contributed by atoms with Crippen molar-refractivity contribution in [2.24, 2.45) is 0 Å². The van der Waals surface area contributed by atoms with E-state index in [1.54, 1.807) is 42.5 Å². The lowest BCUT2D eigenvalue weighted by Gasteiger charge is -2.45. The van der Waals surface area contributed by atoms with Crippen LogP contribution >= 0.6 is 0 Å². The minimum atomic E-state index is -1.35. The van der Waals surface area contributed by atoms with Crippen LogP contribution in [0.1, 0.15) is 28.0 Å². The van der Waals surface area contributed by atoms with Gasteiger partial charge in [0, 0.05) is 5.56 Å². The van der Waals surface area contributed by atoms with Gasteiger partial charge in [-0.2, -0.15) is 0 Å². The molecule has 1 aromatic heterocycles. The van der Waals surface area contributed by atoms with Crippen LogP contribution in [0.25, 0.3) is 6.08 Å². The van der Waals surface area contributed by atoms with Gasteiger partial charge in [-0.15, -0.1) is 0 Å². The van der Waals surface area contributed by atoms with Crippen LogP contribution in [0, 0.1) is 0 Å². The van der Waals surface area contributed by atoms with E-state index in [-0.39, 0.29) is 12.4 Å². The summed E-state index contributed by atoms with van der Waals surface area (Å²) in [6.07, 6.45) is -1.23. The third-order valence-electron chi connectivity index (χ3n) is 5.73. The van der Waals surface area contributed by atoms with Gasteiger partial charge in [0.05, 0.1) is 12.9 Å². The molecule has 6 unspecified atom stereocenters. The number of aliphatic hydroxyl groups is 2. The maximum absolute atomic E-state index is 12.4. The molecule has 6 atom stereocenters. The van der Waals surface area contributed by atoms with Crippen molar-refractivity contribution in [2.45, 2.75) is 37.0 Å². The Morgan fingerprint density at radius 3 is 2.47 bits per heavy atom. The number of carbonyl (C=O) groups is 1. The van der Waals surface area contributed by atoms with Gasteiger partial charge < -0.3 is 33.6 Å². The first-order valence-corrected chi connectivity index (χ1v) is 10.9. The second kappa shape index (κ2) is 9.92. The van der Waals surface area contributed by atoms with Gasteiger partial charge >= 0.3 is 0 Å². The summed E-state index contributed by atoms with van der Waals surface area (Å²) in [6.45, 7) is 0.126. The number of aliphatic hydroxyl groups excluding tert-OH is 2. The van der Waals surface area contributed by atoms with E-state index in [9.17, 15) is 15.0 Å². The minimum absolute atomic E-state index is 0.126. The fraction of sp³-hybridized carbons (Fsp3) is 0.269. The number of ketones is 1. The summed E-state index contributed by atoms with van der Waals surface area (Å²) in [4.78, 5) is 12.4. The lowest BCUT2D eigenvalue weighted by molar-refractivity contribution is -0.352. The Balaban J connectivity index is 1.20. The fourth-order valence-corrected chi connectivity index (χ4v) is 3.91. The number of benzene rings is 2. The molecule has 0 saturated carbocycles. The van der Waals surface area contributed by atoms with Gasteiger partial charge in [0.1, 0.15) is 30.2 Å². The van der Waals surface area contributed by atoms with Gasteiger partial charge in [-0.25, -0.2) is 0 Å². The number of ether oxygens (including phenoxy) is 4. The zero-order valence-electron chi connectivity index (χ0n) is 18.1. The molecule has 0 amide bonds. The summed E-state index contributed by atoms with van der Waals surface area (Å²) >= 11 is 0. The lowest BCUT2D eigenvalue weighted by Crippen LogP contribution is -2.62. The van der Waals surface area contributed by atoms with Crippen molar-refractivity contribution in [1.82, 2.24) is 0 Å². The van der Waals surface area contributed by atoms with Gasteiger partial charge in [-0.3, -0.25) is 4.79 Å². The van der Waals surface area contributed by atoms with Crippen molar-refractivity contribution < 1.29 is 38.4 Å². The Bertz CT molecular complexity index is 1110. The van der Waals surface area contributed by atoms with Crippen LogP contribution in [0.2, 0.25) is 0 Å². The average Bonchev–Trinajstić information content (AvgIpc) is 3.42. The van der Waals surface area contributed by atoms with E-state index in [1.165, 1.54) is 12.3 Å². The number of rotatable bonds is 6. The zero-order valence-corrected chi connectivity index (χ0v) is 18.1. The number of furan rings is 1. The Kier molecular flexibility index (Phi) is 6.57. The van der Waals surface area contributed by atoms with Crippen LogP contribution < -0.4 is 4.74 Å². The maximum atomic E-state index is 12.4. The monoisotopic (exact) mass is 464 g/mol. The van der Waals surface area contributed by atoms with Crippen LogP contribution in [-0.2, 0) is 14.2 Å². The van der Waals surface area contributed by atoms with Gasteiger partial charge in [0.25, 0.3) is 0 Å². The van der Waals surface area contributed by atoms with E-state index < -0.39 is 37.0 Å². The average molecular weight is 464 g/mol. The van der Waals surface area contributed by atoms with Crippen LogP contribution in [0.4, 0.5) is 0 Å². The first kappa shape index (κ1) is 22.5. The van der Waals surface area contributed by atoms with Crippen molar-refractivity contribution in [3.63, 3.8) is 0 Å². The van der Waals surface area contributed by atoms with Crippen molar-refractivity contribution in [3.8, 4) is 5.75 Å². The summed E-state index contributed by atoms with van der Waals surface area (Å²) in [6, 6.07) is 19.4. The van der Waals surface area contributed by atoms with E-state index >= 15 is 0 Å². The van der Waals surface area contributed by atoms with Crippen molar-refractivity contribution >= 4 is 11.9 Å². The third-order valence-corrected chi connectivity index (χ3v) is 5.73. The molecule has 3 heterocycles. The van der Waals surface area contributed by atoms with E-state index in [0.29, 0.717) is 17.1 Å². The lowest BCUT2D eigenvalue weighted by atomic mass is 9.98. The van der Waals surface area contributed by atoms with Gasteiger partial charge in [0.15, 0.2) is 11.5 Å². The standard InChI is InChI=1S/C26H24O8/c27-19(13-8-16-5-2-1-3-6-16)17-9-11-18(12-10-17)32-26-23(29)22(28)24-21(33-26)15-31-25(34-24)20-7-4-14-30-20/h1-14,21-26,28-29H,15H2. The molecular formula is C26H24O8. The molecule has 2 fully saturated rings. The molecular weight excluding hydrogens is 440 g/mol. The number of fused-ring (bicyclic) bond motifs is 1. The Morgan fingerprint density at radius 2 is 1.74 bits per heavy atom. The molecule has 0 radical (unpaired) electrons. The third kappa shape index (κ3) is 4.82. The summed E-state index contributed by atoms with van der Waals surface area (Å²) in [7, 11) is 0. The molecule has 2 N–H and O–H groups in total. The molecule has 0 spiro atoms. The Morgan fingerprint density at radius 1 is 0.941 bits per heavy atom. The normalized spacial score (nSPS) is 29.0. The van der Waals surface area contributed by atoms with Gasteiger partial charge in [0.2, 0.25) is 12.6 Å². The molecule has 0 aliphatic carbocycles. The van der Waals surface area contributed by atoms with Crippen LogP contribution in [0.5, 0.6) is 5.75 Å². The summed E-state index contributed by atoms with van der Waals surface area (Å²) in [5, 5.41) is 21.2. The van der Waals surface area contributed by atoms with E-state index in [4.69, 9.17) is 23.4 Å². The smallest absolute Gasteiger partial charge is 0.229 e. The first-order chi connectivity index (χ1) is 16.6. The highest BCUT2D eigenvalue weighted by molar-refractivity contribution is 6.06. The Hall–Kier alpha value is -3.27. The molecule has 0 bridgehead atoms. The first-order valence-electron chi connectivity index (χ1n) is 10.9. The molecule has 34 heavy (non-hydrogen) atoms. The predicted molar refractivity (Wildman–Crippen MR) is 120 cm³/mol. The quantitative estimate of drug-likeness (QED) is 0.423. The summed E-state index contributed by atoms with van der Waals surface area (Å²) in [5.74, 6) is 0.696. The molecule has 2 saturated heterocycles. The molecule has 5 rings (SSSR count). The molecule has 2 aliphatic rings. The van der Waals surface area contributed by atoms with E-state index in [1.807, 2.05) is 30.3 Å². The summed E-state index contributed by atoms with van der Waals surface area (Å²) in [5.41, 5.74) is 1.42. The van der Waals surface area contributed by atoms with Gasteiger partial charge in [-0.1, -0.05) is 36.4 Å². The molecule has 8 nitrogen and oxygen atoms in total. The minimum Gasteiger partial charge on any atom is -0.464 e. The largest absolute Gasteiger partial charge is 0.464 e. The van der Waals surface area contributed by atoms with Crippen LogP contribution in [0.15, 0.2) is 83.5 Å². The van der Waals surface area contributed by atoms with E-state index in [2.05, 4.69) is 0 Å². The second-order valence-electron chi connectivity index (χ2n) is 8.06.